The number of piperidine rings is 2. The van der Waals surface area contributed by atoms with E-state index >= 15 is 0 Å². The number of sulfonamides is 1. The van der Waals surface area contributed by atoms with Crippen LogP contribution in [0.15, 0.2) is 30.5 Å². The first kappa shape index (κ1) is 24.4. The first-order valence-corrected chi connectivity index (χ1v) is 14.8. The zero-order valence-electron chi connectivity index (χ0n) is 20.8. The number of fused-ring (bicyclic) bond motifs is 2. The Morgan fingerprint density at radius 3 is 2.68 bits per heavy atom. The van der Waals surface area contributed by atoms with Crippen LogP contribution in [0, 0.1) is 18.8 Å². The van der Waals surface area contributed by atoms with Crippen LogP contribution in [0.3, 0.4) is 0 Å². The smallest absolute Gasteiger partial charge is 0.256 e. The molecular formula is C25H30ClN7O3S. The first-order chi connectivity index (χ1) is 17.6. The number of nitrogens with zero attached hydrogens (tertiary/aromatic N) is 5. The van der Waals surface area contributed by atoms with Gasteiger partial charge in [-0.25, -0.2) is 17.9 Å². The predicted octanol–water partition coefficient (Wildman–Crippen LogP) is 2.82. The standard InChI is InChI=1S/C25H30ClN7O3S/c1-14-11-33-22(28-24(14)31-12-17-18(13-31)23(17)27)10-20(29-33)21-5-3-4-8-32(21)25(34)16-9-15(26)6-7-19(16)30-37(2,35)36/h6-7,9-11,17-18,21,23,30H,3-5,8,12-13,27H2,1-2H3/t17-,18+,21-,23?/m0/s1. The molecule has 12 heteroatoms. The summed E-state index contributed by atoms with van der Waals surface area (Å²) in [6, 6.07) is 6.61. The Morgan fingerprint density at radius 1 is 1.19 bits per heavy atom. The second-order valence-electron chi connectivity index (χ2n) is 10.5. The number of carbonyl (C=O) groups is 1. The van der Waals surface area contributed by atoms with E-state index in [2.05, 4.69) is 9.62 Å². The van der Waals surface area contributed by atoms with Crippen molar-refractivity contribution in [3.8, 4) is 0 Å². The van der Waals surface area contributed by atoms with E-state index in [1.54, 1.807) is 15.5 Å². The Bertz CT molecular complexity index is 1500. The molecule has 0 bridgehead atoms. The molecule has 3 N–H and O–H groups in total. The van der Waals surface area contributed by atoms with Crippen LogP contribution in [0.4, 0.5) is 11.5 Å². The molecule has 1 saturated carbocycles. The maximum absolute atomic E-state index is 13.8. The molecule has 2 aromatic heterocycles. The number of halogens is 1. The quantitative estimate of drug-likeness (QED) is 0.506. The summed E-state index contributed by atoms with van der Waals surface area (Å²) >= 11 is 6.20. The summed E-state index contributed by atoms with van der Waals surface area (Å²) in [6.07, 6.45) is 5.61. The number of hydrogen-bond acceptors (Lipinski definition) is 7. The van der Waals surface area contributed by atoms with Gasteiger partial charge in [0.05, 0.1) is 29.2 Å². The van der Waals surface area contributed by atoms with Crippen molar-refractivity contribution in [2.75, 3.05) is 35.5 Å². The lowest BCUT2D eigenvalue weighted by molar-refractivity contribution is 0.0607. The maximum atomic E-state index is 13.8. The Morgan fingerprint density at radius 2 is 1.95 bits per heavy atom. The first-order valence-electron chi connectivity index (χ1n) is 12.5. The Labute approximate surface area is 220 Å². The molecule has 1 aromatic carbocycles. The van der Waals surface area contributed by atoms with E-state index in [4.69, 9.17) is 27.4 Å². The van der Waals surface area contributed by atoms with Gasteiger partial charge in [-0.05, 0) is 56.2 Å². The minimum atomic E-state index is -3.58. The molecule has 0 radical (unpaired) electrons. The normalized spacial score (nSPS) is 25.4. The van der Waals surface area contributed by atoms with Crippen molar-refractivity contribution in [3.05, 3.63) is 52.3 Å². The third kappa shape index (κ3) is 4.53. The Balaban J connectivity index is 1.32. The lowest BCUT2D eigenvalue weighted by Gasteiger charge is -2.35. The molecule has 2 saturated heterocycles. The molecule has 4 heterocycles. The second kappa shape index (κ2) is 8.85. The van der Waals surface area contributed by atoms with E-state index in [0.29, 0.717) is 29.4 Å². The summed E-state index contributed by atoms with van der Waals surface area (Å²) in [5.74, 6) is 1.81. The summed E-state index contributed by atoms with van der Waals surface area (Å²) in [4.78, 5) is 22.8. The lowest BCUT2D eigenvalue weighted by atomic mass is 9.98. The molecule has 1 aliphatic carbocycles. The SMILES string of the molecule is Cc1cn2nc([C@@H]3CCCCN3C(=O)c3cc(Cl)ccc3NS(C)(=O)=O)cc2nc1N1C[C@@H]2C(N)[C@@H]2C1. The minimum Gasteiger partial charge on any atom is -0.356 e. The molecule has 3 aromatic rings. The van der Waals surface area contributed by atoms with Crippen molar-refractivity contribution in [1.29, 1.82) is 0 Å². The zero-order valence-corrected chi connectivity index (χ0v) is 22.3. The summed E-state index contributed by atoms with van der Waals surface area (Å²) in [7, 11) is -3.58. The summed E-state index contributed by atoms with van der Waals surface area (Å²) in [5.41, 5.74) is 9.10. The predicted molar refractivity (Wildman–Crippen MR) is 142 cm³/mol. The van der Waals surface area contributed by atoms with Crippen molar-refractivity contribution >= 4 is 44.7 Å². The number of nitrogens with two attached hydrogens (primary N) is 1. The largest absolute Gasteiger partial charge is 0.356 e. The van der Waals surface area contributed by atoms with Crippen LogP contribution in [0.1, 0.15) is 46.9 Å². The minimum absolute atomic E-state index is 0.210. The third-order valence-electron chi connectivity index (χ3n) is 7.80. The van der Waals surface area contributed by atoms with E-state index in [0.717, 1.165) is 61.3 Å². The van der Waals surface area contributed by atoms with Crippen molar-refractivity contribution < 1.29 is 13.2 Å². The Hall–Kier alpha value is -2.89. The summed E-state index contributed by atoms with van der Waals surface area (Å²) in [5, 5.41) is 5.17. The number of benzene rings is 1. The molecule has 10 nitrogen and oxygen atoms in total. The van der Waals surface area contributed by atoms with Crippen LogP contribution in [0.25, 0.3) is 5.65 Å². The van der Waals surface area contributed by atoms with Crippen LogP contribution in [0.2, 0.25) is 5.02 Å². The number of aryl methyl sites for hydroxylation is 1. The van der Waals surface area contributed by atoms with E-state index in [1.807, 2.05) is 19.2 Å². The number of carbonyl (C=O) groups excluding carboxylic acids is 1. The zero-order chi connectivity index (χ0) is 26.1. The van der Waals surface area contributed by atoms with Crippen molar-refractivity contribution in [2.24, 2.45) is 17.6 Å². The van der Waals surface area contributed by atoms with Gasteiger partial charge in [0.1, 0.15) is 5.82 Å². The topological polar surface area (TPSA) is 126 Å². The van der Waals surface area contributed by atoms with Crippen LogP contribution in [0.5, 0.6) is 0 Å². The van der Waals surface area contributed by atoms with Crippen molar-refractivity contribution in [2.45, 2.75) is 38.3 Å². The van der Waals surface area contributed by atoms with Gasteiger partial charge in [-0.15, -0.1) is 0 Å². The molecule has 4 atom stereocenters. The van der Waals surface area contributed by atoms with Gasteiger partial charge in [0, 0.05) is 48.5 Å². The average molecular weight is 544 g/mol. The fourth-order valence-corrected chi connectivity index (χ4v) is 6.62. The highest BCUT2D eigenvalue weighted by molar-refractivity contribution is 7.92. The number of anilines is 2. The van der Waals surface area contributed by atoms with Crippen molar-refractivity contribution in [3.63, 3.8) is 0 Å². The van der Waals surface area contributed by atoms with Crippen LogP contribution in [-0.4, -0.2) is 65.8 Å². The maximum Gasteiger partial charge on any atom is 0.256 e. The monoisotopic (exact) mass is 543 g/mol. The van der Waals surface area contributed by atoms with Crippen LogP contribution in [-0.2, 0) is 10.0 Å². The van der Waals surface area contributed by atoms with E-state index in [-0.39, 0.29) is 23.2 Å². The van der Waals surface area contributed by atoms with E-state index in [9.17, 15) is 13.2 Å². The molecule has 1 amide bonds. The number of hydrogen-bond donors (Lipinski definition) is 2. The Kier molecular flexibility index (Phi) is 5.85. The van der Waals surface area contributed by atoms with Gasteiger partial charge in [0.2, 0.25) is 10.0 Å². The molecule has 6 rings (SSSR count). The molecule has 3 fully saturated rings. The molecular weight excluding hydrogens is 514 g/mol. The highest BCUT2D eigenvalue weighted by Crippen LogP contribution is 2.45. The fraction of sp³-hybridized carbons (Fsp3) is 0.480. The average Bonchev–Trinajstić information content (AvgIpc) is 3.21. The molecule has 0 spiro atoms. The summed E-state index contributed by atoms with van der Waals surface area (Å²) in [6.45, 7) is 4.45. The molecule has 37 heavy (non-hydrogen) atoms. The highest BCUT2D eigenvalue weighted by atomic mass is 35.5. The number of likely N-dealkylation sites (tertiary alicyclic amines) is 1. The lowest BCUT2D eigenvalue weighted by Crippen LogP contribution is -2.39. The number of rotatable bonds is 5. The molecule has 1 unspecified atom stereocenters. The number of amides is 1. The van der Waals surface area contributed by atoms with Gasteiger partial charge in [-0.2, -0.15) is 5.10 Å². The molecule has 3 aliphatic rings. The van der Waals surface area contributed by atoms with Gasteiger partial charge < -0.3 is 15.5 Å². The summed E-state index contributed by atoms with van der Waals surface area (Å²) < 4.78 is 28.0. The van der Waals surface area contributed by atoms with Crippen molar-refractivity contribution in [1.82, 2.24) is 19.5 Å². The highest BCUT2D eigenvalue weighted by Gasteiger charge is 2.54. The van der Waals surface area contributed by atoms with Gasteiger partial charge >= 0.3 is 0 Å². The fourth-order valence-electron chi connectivity index (χ4n) is 5.87. The van der Waals surface area contributed by atoms with Gasteiger partial charge in [0.15, 0.2) is 5.65 Å². The van der Waals surface area contributed by atoms with E-state index in [1.165, 1.54) is 12.1 Å². The van der Waals surface area contributed by atoms with Gasteiger partial charge in [-0.3, -0.25) is 9.52 Å². The van der Waals surface area contributed by atoms with E-state index < -0.39 is 10.0 Å². The molecule has 2 aliphatic heterocycles. The third-order valence-corrected chi connectivity index (χ3v) is 8.62. The van der Waals surface area contributed by atoms with Crippen LogP contribution < -0.4 is 15.4 Å². The van der Waals surface area contributed by atoms with Crippen LogP contribution >= 0.6 is 11.6 Å². The van der Waals surface area contributed by atoms with Gasteiger partial charge in [0.25, 0.3) is 5.91 Å². The van der Waals surface area contributed by atoms with Gasteiger partial charge in [-0.1, -0.05) is 11.6 Å². The number of aromatic nitrogens is 3. The second-order valence-corrected chi connectivity index (χ2v) is 12.7. The number of nitrogens with one attached hydrogen (secondary N) is 1. The molecule has 196 valence electrons.